The van der Waals surface area contributed by atoms with Crippen molar-refractivity contribution >= 4 is 11.3 Å². The first-order valence-electron chi connectivity index (χ1n) is 4.85. The maximum Gasteiger partial charge on any atom is 0.0798 e. The topological polar surface area (TPSA) is 34.1 Å². The molecule has 14 heavy (non-hydrogen) atoms. The molecule has 0 aliphatic rings. The summed E-state index contributed by atoms with van der Waals surface area (Å²) in [5, 5.41) is 3.45. The van der Waals surface area contributed by atoms with Crippen LogP contribution in [0, 0.1) is 6.92 Å². The number of thiazole rings is 1. The van der Waals surface area contributed by atoms with E-state index in [4.69, 9.17) is 4.74 Å². The molecular formula is C10H18N2OS. The Bertz CT molecular complexity index is 262. The number of ether oxygens (including phenoxy) is 1. The van der Waals surface area contributed by atoms with Crippen LogP contribution in [0.4, 0.5) is 0 Å². The van der Waals surface area contributed by atoms with Crippen LogP contribution in [0.25, 0.3) is 0 Å². The first-order chi connectivity index (χ1) is 6.74. The SMILES string of the molecule is COCCC(C)NCc1scnc1C. The van der Waals surface area contributed by atoms with Crippen molar-refractivity contribution in [1.82, 2.24) is 10.3 Å². The van der Waals surface area contributed by atoms with Gasteiger partial charge in [-0.2, -0.15) is 0 Å². The maximum absolute atomic E-state index is 5.02. The molecule has 4 heteroatoms. The van der Waals surface area contributed by atoms with Crippen LogP contribution in [0.1, 0.15) is 23.9 Å². The molecule has 0 bridgehead atoms. The van der Waals surface area contributed by atoms with Crippen LogP contribution in [0.3, 0.4) is 0 Å². The predicted molar refractivity (Wildman–Crippen MR) is 59.6 cm³/mol. The largest absolute Gasteiger partial charge is 0.385 e. The molecule has 0 aromatic carbocycles. The van der Waals surface area contributed by atoms with E-state index >= 15 is 0 Å². The normalized spacial score (nSPS) is 13.1. The zero-order valence-electron chi connectivity index (χ0n) is 9.04. The quantitative estimate of drug-likeness (QED) is 0.786. The third-order valence-electron chi connectivity index (χ3n) is 2.21. The maximum atomic E-state index is 5.02. The Morgan fingerprint density at radius 1 is 1.64 bits per heavy atom. The molecule has 1 atom stereocenters. The summed E-state index contributed by atoms with van der Waals surface area (Å²) in [7, 11) is 1.74. The minimum atomic E-state index is 0.497. The van der Waals surface area contributed by atoms with Gasteiger partial charge in [0.05, 0.1) is 11.2 Å². The van der Waals surface area contributed by atoms with E-state index < -0.39 is 0 Å². The van der Waals surface area contributed by atoms with E-state index in [-0.39, 0.29) is 0 Å². The van der Waals surface area contributed by atoms with Gasteiger partial charge in [0.25, 0.3) is 0 Å². The van der Waals surface area contributed by atoms with Crippen LogP contribution in [0.2, 0.25) is 0 Å². The van der Waals surface area contributed by atoms with Crippen molar-refractivity contribution in [1.29, 1.82) is 0 Å². The zero-order chi connectivity index (χ0) is 10.4. The van der Waals surface area contributed by atoms with Crippen LogP contribution in [-0.2, 0) is 11.3 Å². The summed E-state index contributed by atoms with van der Waals surface area (Å²) in [5.74, 6) is 0. The highest BCUT2D eigenvalue weighted by molar-refractivity contribution is 7.09. The van der Waals surface area contributed by atoms with E-state index in [0.717, 1.165) is 25.3 Å². The molecule has 80 valence electrons. The number of aromatic nitrogens is 1. The van der Waals surface area contributed by atoms with E-state index in [9.17, 15) is 0 Å². The average molecular weight is 214 g/mol. The Balaban J connectivity index is 2.23. The molecule has 1 N–H and O–H groups in total. The molecule has 0 radical (unpaired) electrons. The van der Waals surface area contributed by atoms with Crippen molar-refractivity contribution in [2.45, 2.75) is 32.9 Å². The van der Waals surface area contributed by atoms with Gasteiger partial charge in [0, 0.05) is 31.2 Å². The molecule has 1 aromatic rings. The summed E-state index contributed by atoms with van der Waals surface area (Å²) in [4.78, 5) is 5.54. The Morgan fingerprint density at radius 3 is 3.00 bits per heavy atom. The van der Waals surface area contributed by atoms with Crippen LogP contribution in [0.15, 0.2) is 5.51 Å². The highest BCUT2D eigenvalue weighted by Crippen LogP contribution is 2.11. The highest BCUT2D eigenvalue weighted by Gasteiger charge is 2.04. The molecular weight excluding hydrogens is 196 g/mol. The summed E-state index contributed by atoms with van der Waals surface area (Å²) in [6.07, 6.45) is 1.05. The van der Waals surface area contributed by atoms with Crippen molar-refractivity contribution in [2.24, 2.45) is 0 Å². The lowest BCUT2D eigenvalue weighted by Crippen LogP contribution is -2.26. The van der Waals surface area contributed by atoms with E-state index in [1.54, 1.807) is 18.4 Å². The third kappa shape index (κ3) is 3.74. The van der Waals surface area contributed by atoms with Crippen LogP contribution in [-0.4, -0.2) is 24.7 Å². The van der Waals surface area contributed by atoms with Crippen molar-refractivity contribution in [3.05, 3.63) is 16.1 Å². The van der Waals surface area contributed by atoms with E-state index in [2.05, 4.69) is 17.2 Å². The van der Waals surface area contributed by atoms with Gasteiger partial charge < -0.3 is 10.1 Å². The number of hydrogen-bond acceptors (Lipinski definition) is 4. The molecule has 0 saturated heterocycles. The van der Waals surface area contributed by atoms with Crippen LogP contribution in [0.5, 0.6) is 0 Å². The smallest absolute Gasteiger partial charge is 0.0798 e. The second-order valence-corrected chi connectivity index (χ2v) is 4.36. The first kappa shape index (κ1) is 11.6. The van der Waals surface area contributed by atoms with Gasteiger partial charge in [-0.25, -0.2) is 4.98 Å². The molecule has 1 aromatic heterocycles. The highest BCUT2D eigenvalue weighted by atomic mass is 32.1. The van der Waals surface area contributed by atoms with Crippen LogP contribution < -0.4 is 5.32 Å². The predicted octanol–water partition coefficient (Wildman–Crippen LogP) is 1.97. The summed E-state index contributed by atoms with van der Waals surface area (Å²) >= 11 is 1.71. The van der Waals surface area contributed by atoms with Gasteiger partial charge in [-0.05, 0) is 20.3 Å². The first-order valence-corrected chi connectivity index (χ1v) is 5.73. The van der Waals surface area contributed by atoms with Crippen molar-refractivity contribution in [3.8, 4) is 0 Å². The minimum Gasteiger partial charge on any atom is -0.385 e. The fourth-order valence-electron chi connectivity index (χ4n) is 1.16. The second-order valence-electron chi connectivity index (χ2n) is 3.42. The fraction of sp³-hybridized carbons (Fsp3) is 0.700. The fourth-order valence-corrected chi connectivity index (χ4v) is 1.89. The average Bonchev–Trinajstić information content (AvgIpc) is 2.58. The molecule has 0 fully saturated rings. The van der Waals surface area contributed by atoms with Gasteiger partial charge in [0.2, 0.25) is 0 Å². The summed E-state index contributed by atoms with van der Waals surface area (Å²) in [6.45, 7) is 5.96. The number of nitrogens with zero attached hydrogens (tertiary/aromatic N) is 1. The number of aryl methyl sites for hydroxylation is 1. The van der Waals surface area contributed by atoms with E-state index in [1.807, 2.05) is 12.4 Å². The standard InChI is InChI=1S/C10H18N2OS/c1-8(4-5-13-3)11-6-10-9(2)12-7-14-10/h7-8,11H,4-6H2,1-3H3. The summed E-state index contributed by atoms with van der Waals surface area (Å²) in [5.41, 5.74) is 3.04. The minimum absolute atomic E-state index is 0.497. The molecule has 0 spiro atoms. The number of hydrogen-bond donors (Lipinski definition) is 1. The van der Waals surface area contributed by atoms with Gasteiger partial charge >= 0.3 is 0 Å². The monoisotopic (exact) mass is 214 g/mol. The molecule has 1 unspecified atom stereocenters. The molecule has 3 nitrogen and oxygen atoms in total. The Kier molecular flexibility index (Phi) is 5.07. The number of rotatable bonds is 6. The molecule has 1 rings (SSSR count). The van der Waals surface area contributed by atoms with Crippen molar-refractivity contribution in [3.63, 3.8) is 0 Å². The lowest BCUT2D eigenvalue weighted by molar-refractivity contribution is 0.184. The van der Waals surface area contributed by atoms with Crippen molar-refractivity contribution in [2.75, 3.05) is 13.7 Å². The number of nitrogens with one attached hydrogen (secondary N) is 1. The summed E-state index contributed by atoms with van der Waals surface area (Å²) in [6, 6.07) is 0.497. The van der Waals surface area contributed by atoms with Gasteiger partial charge in [0.1, 0.15) is 0 Å². The Morgan fingerprint density at radius 2 is 2.43 bits per heavy atom. The van der Waals surface area contributed by atoms with Gasteiger partial charge in [-0.3, -0.25) is 0 Å². The lowest BCUT2D eigenvalue weighted by Gasteiger charge is -2.12. The van der Waals surface area contributed by atoms with Gasteiger partial charge in [-0.1, -0.05) is 0 Å². The molecule has 0 saturated carbocycles. The molecule has 0 aliphatic carbocycles. The van der Waals surface area contributed by atoms with E-state index in [0.29, 0.717) is 6.04 Å². The van der Waals surface area contributed by atoms with Gasteiger partial charge in [-0.15, -0.1) is 11.3 Å². The molecule has 1 heterocycles. The Hall–Kier alpha value is -0.450. The molecule has 0 aliphatic heterocycles. The number of methoxy groups -OCH3 is 1. The third-order valence-corrected chi connectivity index (χ3v) is 3.15. The van der Waals surface area contributed by atoms with E-state index in [1.165, 1.54) is 4.88 Å². The Labute approximate surface area is 89.5 Å². The van der Waals surface area contributed by atoms with Crippen molar-refractivity contribution < 1.29 is 4.74 Å². The van der Waals surface area contributed by atoms with Crippen LogP contribution >= 0.6 is 11.3 Å². The second kappa shape index (κ2) is 6.11. The lowest BCUT2D eigenvalue weighted by atomic mass is 10.2. The summed E-state index contributed by atoms with van der Waals surface area (Å²) < 4.78 is 5.02. The van der Waals surface area contributed by atoms with Gasteiger partial charge in [0.15, 0.2) is 0 Å². The molecule has 0 amide bonds. The zero-order valence-corrected chi connectivity index (χ0v) is 9.86.